The average Bonchev–Trinajstić information content (AvgIpc) is 2.66. The van der Waals surface area contributed by atoms with Crippen LogP contribution in [0.5, 0.6) is 0 Å². The smallest absolute Gasteiger partial charge is 0.251 e. The van der Waals surface area contributed by atoms with Gasteiger partial charge in [-0.2, -0.15) is 0 Å². The molecule has 4 N–H and O–H groups in total. The van der Waals surface area contributed by atoms with E-state index >= 15 is 0 Å². The van der Waals surface area contributed by atoms with E-state index in [9.17, 15) is 13.2 Å². The van der Waals surface area contributed by atoms with Crippen LogP contribution in [0.1, 0.15) is 42.2 Å². The molecule has 0 fully saturated rings. The fourth-order valence-corrected chi connectivity index (χ4v) is 3.65. The summed E-state index contributed by atoms with van der Waals surface area (Å²) in [7, 11) is -3.58. The van der Waals surface area contributed by atoms with Crippen LogP contribution in [0, 0.1) is 0 Å². The van der Waals surface area contributed by atoms with E-state index < -0.39 is 10.0 Å². The van der Waals surface area contributed by atoms with Crippen LogP contribution in [-0.2, 0) is 10.0 Å². The molecular weight excluding hydrogens is 386 g/mol. The molecule has 0 heterocycles. The van der Waals surface area contributed by atoms with Crippen LogP contribution in [0.2, 0.25) is 0 Å². The zero-order valence-electron chi connectivity index (χ0n) is 15.4. The maximum atomic E-state index is 12.2. The summed E-state index contributed by atoms with van der Waals surface area (Å²) in [6.07, 6.45) is 0.696. The molecule has 2 atom stereocenters. The molecule has 148 valence electrons. The summed E-state index contributed by atoms with van der Waals surface area (Å²) < 4.78 is 27.0. The number of sulfonamides is 1. The maximum Gasteiger partial charge on any atom is 0.251 e. The van der Waals surface area contributed by atoms with Crippen LogP contribution in [-0.4, -0.2) is 26.9 Å². The van der Waals surface area contributed by atoms with Gasteiger partial charge in [-0.25, -0.2) is 13.1 Å². The Labute approximate surface area is 167 Å². The predicted octanol–water partition coefficient (Wildman–Crippen LogP) is 2.62. The standard InChI is InChI=1S/C19H25N3O3S.ClH/c1-3-14(2)22-26(24,25)17-11-9-16(10-12-17)19(23)21-13-18(20)15-7-5-4-6-8-15;/h4-12,14,18,22H,3,13,20H2,1-2H3,(H,21,23);1H. The van der Waals surface area contributed by atoms with Crippen molar-refractivity contribution in [3.63, 3.8) is 0 Å². The van der Waals surface area contributed by atoms with Crippen molar-refractivity contribution in [1.29, 1.82) is 0 Å². The third-order valence-corrected chi connectivity index (χ3v) is 5.71. The fourth-order valence-electron chi connectivity index (χ4n) is 2.32. The fraction of sp³-hybridized carbons (Fsp3) is 0.316. The molecule has 0 aliphatic carbocycles. The van der Waals surface area contributed by atoms with Gasteiger partial charge in [-0.05, 0) is 43.2 Å². The molecule has 6 nitrogen and oxygen atoms in total. The van der Waals surface area contributed by atoms with Gasteiger partial charge in [-0.15, -0.1) is 12.4 Å². The molecule has 0 saturated heterocycles. The minimum Gasteiger partial charge on any atom is -0.350 e. The number of amides is 1. The highest BCUT2D eigenvalue weighted by Gasteiger charge is 2.17. The number of nitrogens with one attached hydrogen (secondary N) is 2. The second-order valence-electron chi connectivity index (χ2n) is 6.18. The molecule has 0 radical (unpaired) electrons. The van der Waals surface area contributed by atoms with Gasteiger partial charge in [0.1, 0.15) is 0 Å². The van der Waals surface area contributed by atoms with Gasteiger partial charge < -0.3 is 11.1 Å². The van der Waals surface area contributed by atoms with E-state index in [1.54, 1.807) is 6.92 Å². The molecule has 0 aromatic heterocycles. The molecule has 0 saturated carbocycles. The first kappa shape index (κ1) is 23.1. The van der Waals surface area contributed by atoms with Crippen molar-refractivity contribution in [2.24, 2.45) is 5.73 Å². The first-order chi connectivity index (χ1) is 12.3. The summed E-state index contributed by atoms with van der Waals surface area (Å²) in [6, 6.07) is 14.9. The Bertz CT molecular complexity index is 827. The van der Waals surface area contributed by atoms with Crippen molar-refractivity contribution in [3.8, 4) is 0 Å². The SMILES string of the molecule is CCC(C)NS(=O)(=O)c1ccc(C(=O)NCC(N)c2ccccc2)cc1.Cl. The molecule has 8 heteroatoms. The van der Waals surface area contributed by atoms with Crippen molar-refractivity contribution in [3.05, 3.63) is 65.7 Å². The van der Waals surface area contributed by atoms with Crippen LogP contribution in [0.4, 0.5) is 0 Å². The van der Waals surface area contributed by atoms with E-state index in [-0.39, 0.29) is 35.3 Å². The summed E-state index contributed by atoms with van der Waals surface area (Å²) >= 11 is 0. The number of hydrogen-bond acceptors (Lipinski definition) is 4. The Hall–Kier alpha value is -1.93. The van der Waals surface area contributed by atoms with Crippen molar-refractivity contribution in [2.75, 3.05) is 6.54 Å². The molecule has 1 amide bonds. The number of halogens is 1. The van der Waals surface area contributed by atoms with Crippen LogP contribution >= 0.6 is 12.4 Å². The molecule has 0 aliphatic rings. The highest BCUT2D eigenvalue weighted by Crippen LogP contribution is 2.12. The van der Waals surface area contributed by atoms with E-state index in [1.165, 1.54) is 24.3 Å². The second kappa shape index (κ2) is 10.4. The number of benzene rings is 2. The van der Waals surface area contributed by atoms with E-state index in [4.69, 9.17) is 5.73 Å². The van der Waals surface area contributed by atoms with Crippen molar-refractivity contribution < 1.29 is 13.2 Å². The van der Waals surface area contributed by atoms with Gasteiger partial charge in [0.05, 0.1) is 4.90 Å². The minimum absolute atomic E-state index is 0. The van der Waals surface area contributed by atoms with E-state index in [1.807, 2.05) is 37.3 Å². The summed E-state index contributed by atoms with van der Waals surface area (Å²) in [5.74, 6) is -0.296. The summed E-state index contributed by atoms with van der Waals surface area (Å²) in [5, 5.41) is 2.77. The van der Waals surface area contributed by atoms with Gasteiger partial charge in [0.25, 0.3) is 5.91 Å². The van der Waals surface area contributed by atoms with Gasteiger partial charge in [0.15, 0.2) is 0 Å². The molecule has 2 aromatic carbocycles. The molecule has 0 bridgehead atoms. The minimum atomic E-state index is -3.58. The van der Waals surface area contributed by atoms with Gasteiger partial charge >= 0.3 is 0 Å². The molecule has 2 unspecified atom stereocenters. The quantitative estimate of drug-likeness (QED) is 0.621. The van der Waals surface area contributed by atoms with E-state index in [0.717, 1.165) is 5.56 Å². The van der Waals surface area contributed by atoms with Crippen molar-refractivity contribution in [1.82, 2.24) is 10.0 Å². The first-order valence-corrected chi connectivity index (χ1v) is 10.0. The monoisotopic (exact) mass is 411 g/mol. The average molecular weight is 412 g/mol. The molecule has 0 spiro atoms. The van der Waals surface area contributed by atoms with Gasteiger partial charge in [-0.1, -0.05) is 37.3 Å². The molecule has 2 rings (SSSR count). The molecular formula is C19H26ClN3O3S. The van der Waals surface area contributed by atoms with E-state index in [2.05, 4.69) is 10.0 Å². The lowest BCUT2D eigenvalue weighted by atomic mass is 10.1. The van der Waals surface area contributed by atoms with Crippen LogP contribution in [0.3, 0.4) is 0 Å². The van der Waals surface area contributed by atoms with Crippen molar-refractivity contribution in [2.45, 2.75) is 37.2 Å². The Balaban J connectivity index is 0.00000364. The highest BCUT2D eigenvalue weighted by molar-refractivity contribution is 7.89. The lowest BCUT2D eigenvalue weighted by Gasteiger charge is -2.14. The number of carbonyl (C=O) groups is 1. The molecule has 27 heavy (non-hydrogen) atoms. The number of carbonyl (C=O) groups excluding carboxylic acids is 1. The van der Waals surface area contributed by atoms with Gasteiger partial charge in [-0.3, -0.25) is 4.79 Å². The Morgan fingerprint density at radius 3 is 2.22 bits per heavy atom. The largest absolute Gasteiger partial charge is 0.350 e. The zero-order chi connectivity index (χ0) is 19.2. The van der Waals surface area contributed by atoms with Crippen LogP contribution < -0.4 is 15.8 Å². The third kappa shape index (κ3) is 6.62. The number of rotatable bonds is 8. The number of hydrogen-bond donors (Lipinski definition) is 3. The van der Waals surface area contributed by atoms with Gasteiger partial charge in [0, 0.05) is 24.2 Å². The third-order valence-electron chi connectivity index (χ3n) is 4.11. The maximum absolute atomic E-state index is 12.2. The van der Waals surface area contributed by atoms with E-state index in [0.29, 0.717) is 18.5 Å². The zero-order valence-corrected chi connectivity index (χ0v) is 17.0. The molecule has 2 aromatic rings. The first-order valence-electron chi connectivity index (χ1n) is 8.54. The normalized spacial score (nSPS) is 13.3. The van der Waals surface area contributed by atoms with Crippen LogP contribution in [0.15, 0.2) is 59.5 Å². The number of nitrogens with two attached hydrogens (primary N) is 1. The predicted molar refractivity (Wildman–Crippen MR) is 109 cm³/mol. The van der Waals surface area contributed by atoms with Crippen molar-refractivity contribution >= 4 is 28.3 Å². The topological polar surface area (TPSA) is 101 Å². The highest BCUT2D eigenvalue weighted by atomic mass is 35.5. The summed E-state index contributed by atoms with van der Waals surface area (Å²) in [4.78, 5) is 12.4. The Morgan fingerprint density at radius 1 is 1.07 bits per heavy atom. The summed E-state index contributed by atoms with van der Waals surface area (Å²) in [6.45, 7) is 3.99. The lowest BCUT2D eigenvalue weighted by Crippen LogP contribution is -2.32. The van der Waals surface area contributed by atoms with Gasteiger partial charge in [0.2, 0.25) is 10.0 Å². The Morgan fingerprint density at radius 2 is 1.67 bits per heavy atom. The Kier molecular flexibility index (Phi) is 8.92. The summed E-state index contributed by atoms with van der Waals surface area (Å²) in [5.41, 5.74) is 7.38. The second-order valence-corrected chi connectivity index (χ2v) is 7.90. The van der Waals surface area contributed by atoms with Crippen LogP contribution in [0.25, 0.3) is 0 Å². The lowest BCUT2D eigenvalue weighted by molar-refractivity contribution is 0.0951. The molecule has 0 aliphatic heterocycles.